The van der Waals surface area contributed by atoms with Gasteiger partial charge in [0.05, 0.1) is 7.11 Å². The highest BCUT2D eigenvalue weighted by Gasteiger charge is 2.48. The smallest absolute Gasteiger partial charge is 0.334 e. The van der Waals surface area contributed by atoms with Crippen molar-refractivity contribution in [2.75, 3.05) is 7.11 Å². The average Bonchev–Trinajstić information content (AvgIpc) is 2.64. The molecule has 1 aliphatic heterocycles. The Morgan fingerprint density at radius 2 is 2.00 bits per heavy atom. The van der Waals surface area contributed by atoms with Gasteiger partial charge in [-0.1, -0.05) is 32.6 Å². The average molecular weight is 246 g/mol. The van der Waals surface area contributed by atoms with E-state index in [1.807, 2.05) is 38.1 Å². The molecule has 0 aromatic heterocycles. The third-order valence-corrected chi connectivity index (χ3v) is 3.89. The van der Waals surface area contributed by atoms with Gasteiger partial charge in [0, 0.05) is 11.0 Å². The molecule has 3 nitrogen and oxygen atoms in total. The highest BCUT2D eigenvalue weighted by Crippen LogP contribution is 2.50. The molecule has 1 heterocycles. The summed E-state index contributed by atoms with van der Waals surface area (Å²) in [6.07, 6.45) is 0.558. The normalized spacial score (nSPS) is 27.2. The Bertz CT molecular complexity index is 475. The lowest BCUT2D eigenvalue weighted by molar-refractivity contribution is -0.140. The van der Waals surface area contributed by atoms with E-state index in [1.165, 1.54) is 0 Å². The molecular weight excluding hydrogens is 228 g/mol. The van der Waals surface area contributed by atoms with Gasteiger partial charge in [-0.3, -0.25) is 0 Å². The van der Waals surface area contributed by atoms with Gasteiger partial charge in [-0.15, -0.1) is 0 Å². The molecule has 1 saturated heterocycles. The van der Waals surface area contributed by atoms with Crippen molar-refractivity contribution in [3.63, 3.8) is 0 Å². The fourth-order valence-electron chi connectivity index (χ4n) is 2.31. The number of hydrogen-bond acceptors (Lipinski definition) is 3. The summed E-state index contributed by atoms with van der Waals surface area (Å²) in [4.78, 5) is 11.7. The van der Waals surface area contributed by atoms with Crippen molar-refractivity contribution >= 4 is 5.97 Å². The molecule has 0 N–H and O–H groups in total. The number of cyclic esters (lactones) is 1. The highest BCUT2D eigenvalue weighted by atomic mass is 16.6. The molecule has 2 rings (SSSR count). The van der Waals surface area contributed by atoms with Gasteiger partial charge >= 0.3 is 5.97 Å². The molecule has 3 heteroatoms. The van der Waals surface area contributed by atoms with Crippen LogP contribution in [0.2, 0.25) is 0 Å². The molecule has 0 aliphatic carbocycles. The highest BCUT2D eigenvalue weighted by molar-refractivity contribution is 5.92. The van der Waals surface area contributed by atoms with E-state index in [0.717, 1.165) is 17.7 Å². The standard InChI is InChI=1S/C15H18O3/c1-5-15(3)10(2)14(16)18-13(15)11-6-8-12(17-4)9-7-11/h6-9,13H,2,5H2,1,3-4H3/t13-,15+/m1/s1. The lowest BCUT2D eigenvalue weighted by atomic mass is 9.75. The maximum absolute atomic E-state index is 11.7. The molecule has 0 amide bonds. The summed E-state index contributed by atoms with van der Waals surface area (Å²) in [5, 5.41) is 0. The van der Waals surface area contributed by atoms with E-state index in [-0.39, 0.29) is 17.5 Å². The zero-order valence-corrected chi connectivity index (χ0v) is 11.0. The first kappa shape index (κ1) is 12.7. The van der Waals surface area contributed by atoms with Crippen molar-refractivity contribution in [2.24, 2.45) is 5.41 Å². The van der Waals surface area contributed by atoms with Crippen LogP contribution < -0.4 is 4.74 Å². The Morgan fingerprint density at radius 3 is 2.50 bits per heavy atom. The van der Waals surface area contributed by atoms with Crippen molar-refractivity contribution in [1.29, 1.82) is 0 Å². The lowest BCUT2D eigenvalue weighted by Crippen LogP contribution is -2.21. The van der Waals surface area contributed by atoms with Crippen LogP contribution in [0, 0.1) is 5.41 Å². The second-order valence-corrected chi connectivity index (χ2v) is 4.81. The van der Waals surface area contributed by atoms with E-state index in [1.54, 1.807) is 7.11 Å². The number of ether oxygens (including phenoxy) is 2. The minimum Gasteiger partial charge on any atom is -0.497 e. The number of esters is 1. The van der Waals surface area contributed by atoms with Gasteiger partial charge in [0.15, 0.2) is 0 Å². The SMILES string of the molecule is C=C1C(=O)O[C@H](c2ccc(OC)cc2)[C@@]1(C)CC. The van der Waals surface area contributed by atoms with Gasteiger partial charge in [0.25, 0.3) is 0 Å². The van der Waals surface area contributed by atoms with Crippen LogP contribution in [0.5, 0.6) is 5.75 Å². The van der Waals surface area contributed by atoms with Crippen LogP contribution in [0.15, 0.2) is 36.4 Å². The van der Waals surface area contributed by atoms with Crippen molar-refractivity contribution in [3.05, 3.63) is 42.0 Å². The largest absolute Gasteiger partial charge is 0.497 e. The Morgan fingerprint density at radius 1 is 1.39 bits per heavy atom. The second kappa shape index (κ2) is 4.48. The fraction of sp³-hybridized carbons (Fsp3) is 0.400. The molecule has 0 spiro atoms. The van der Waals surface area contributed by atoms with E-state index in [0.29, 0.717) is 5.57 Å². The van der Waals surface area contributed by atoms with Crippen molar-refractivity contribution in [1.82, 2.24) is 0 Å². The van der Waals surface area contributed by atoms with Crippen molar-refractivity contribution in [2.45, 2.75) is 26.4 Å². The van der Waals surface area contributed by atoms with Crippen LogP contribution in [0.25, 0.3) is 0 Å². The topological polar surface area (TPSA) is 35.5 Å². The maximum atomic E-state index is 11.7. The van der Waals surface area contributed by atoms with E-state index >= 15 is 0 Å². The Hall–Kier alpha value is -1.77. The predicted molar refractivity (Wildman–Crippen MR) is 69.4 cm³/mol. The van der Waals surface area contributed by atoms with E-state index < -0.39 is 0 Å². The second-order valence-electron chi connectivity index (χ2n) is 4.81. The first-order valence-electron chi connectivity index (χ1n) is 6.07. The summed E-state index contributed by atoms with van der Waals surface area (Å²) >= 11 is 0. The van der Waals surface area contributed by atoms with Gasteiger partial charge in [0.1, 0.15) is 11.9 Å². The van der Waals surface area contributed by atoms with Gasteiger partial charge in [-0.2, -0.15) is 0 Å². The molecular formula is C15H18O3. The number of carbonyl (C=O) groups excluding carboxylic acids is 1. The predicted octanol–water partition coefficient (Wildman–Crippen LogP) is 3.27. The Labute approximate surface area is 107 Å². The molecule has 0 saturated carbocycles. The summed E-state index contributed by atoms with van der Waals surface area (Å²) in [7, 11) is 1.63. The van der Waals surface area contributed by atoms with Crippen LogP contribution in [0.3, 0.4) is 0 Å². The molecule has 96 valence electrons. The third-order valence-electron chi connectivity index (χ3n) is 3.89. The van der Waals surface area contributed by atoms with Gasteiger partial charge in [-0.05, 0) is 24.1 Å². The minimum absolute atomic E-state index is 0.256. The Kier molecular flexibility index (Phi) is 3.16. The first-order chi connectivity index (χ1) is 8.52. The van der Waals surface area contributed by atoms with E-state index in [4.69, 9.17) is 9.47 Å². The van der Waals surface area contributed by atoms with Crippen LogP contribution in [0.1, 0.15) is 31.9 Å². The van der Waals surface area contributed by atoms with Crippen molar-refractivity contribution in [3.8, 4) is 5.75 Å². The summed E-state index contributed by atoms with van der Waals surface area (Å²) in [5.74, 6) is 0.500. The number of rotatable bonds is 3. The maximum Gasteiger partial charge on any atom is 0.334 e. The monoisotopic (exact) mass is 246 g/mol. The molecule has 0 radical (unpaired) electrons. The molecule has 1 fully saturated rings. The third kappa shape index (κ3) is 1.80. The van der Waals surface area contributed by atoms with Crippen molar-refractivity contribution < 1.29 is 14.3 Å². The number of methoxy groups -OCH3 is 1. The van der Waals surface area contributed by atoms with Crippen LogP contribution in [0.4, 0.5) is 0 Å². The zero-order chi connectivity index (χ0) is 13.3. The Balaban J connectivity index is 2.37. The van der Waals surface area contributed by atoms with Crippen LogP contribution >= 0.6 is 0 Å². The molecule has 1 aliphatic rings. The zero-order valence-electron chi connectivity index (χ0n) is 11.0. The molecule has 2 atom stereocenters. The molecule has 0 bridgehead atoms. The first-order valence-corrected chi connectivity index (χ1v) is 6.07. The molecule has 1 aromatic carbocycles. The van der Waals surface area contributed by atoms with Gasteiger partial charge < -0.3 is 9.47 Å². The van der Waals surface area contributed by atoms with Crippen LogP contribution in [-0.4, -0.2) is 13.1 Å². The minimum atomic E-state index is -0.328. The molecule has 18 heavy (non-hydrogen) atoms. The summed E-state index contributed by atoms with van der Waals surface area (Å²) in [6.45, 7) is 7.94. The fourth-order valence-corrected chi connectivity index (χ4v) is 2.31. The van der Waals surface area contributed by atoms with Gasteiger partial charge in [-0.25, -0.2) is 4.79 Å². The number of benzene rings is 1. The number of carbonyl (C=O) groups is 1. The van der Waals surface area contributed by atoms with E-state index in [9.17, 15) is 4.79 Å². The molecule has 0 unspecified atom stereocenters. The summed E-state index contributed by atoms with van der Waals surface area (Å²) < 4.78 is 10.6. The van der Waals surface area contributed by atoms with Gasteiger partial charge in [0.2, 0.25) is 0 Å². The quantitative estimate of drug-likeness (QED) is 0.606. The molecule has 1 aromatic rings. The summed E-state index contributed by atoms with van der Waals surface area (Å²) in [5.41, 5.74) is 1.21. The number of hydrogen-bond donors (Lipinski definition) is 0. The lowest BCUT2D eigenvalue weighted by Gasteiger charge is -2.28. The van der Waals surface area contributed by atoms with E-state index in [2.05, 4.69) is 6.58 Å². The summed E-state index contributed by atoms with van der Waals surface area (Å²) in [6, 6.07) is 7.62. The van der Waals surface area contributed by atoms with Crippen LogP contribution in [-0.2, 0) is 9.53 Å².